The van der Waals surface area contributed by atoms with Crippen molar-refractivity contribution in [3.63, 3.8) is 0 Å². The van der Waals surface area contributed by atoms with E-state index >= 15 is 0 Å². The van der Waals surface area contributed by atoms with E-state index in [4.69, 9.17) is 5.73 Å². The zero-order chi connectivity index (χ0) is 12.3. The van der Waals surface area contributed by atoms with Gasteiger partial charge in [0.2, 0.25) is 0 Å². The molecule has 0 aliphatic carbocycles. The van der Waals surface area contributed by atoms with Crippen LogP contribution in [0.4, 0.5) is 0 Å². The molecule has 0 radical (unpaired) electrons. The molecule has 88 valence electrons. The van der Waals surface area contributed by atoms with E-state index in [-0.39, 0.29) is 5.78 Å². The number of carbonyl (C=O) groups is 1. The number of hydrogen-bond acceptors (Lipinski definition) is 3. The zero-order valence-corrected chi connectivity index (χ0v) is 10.5. The molecule has 1 aromatic heterocycles. The Balaban J connectivity index is 2.09. The molecule has 17 heavy (non-hydrogen) atoms. The van der Waals surface area contributed by atoms with Crippen molar-refractivity contribution < 1.29 is 4.79 Å². The summed E-state index contributed by atoms with van der Waals surface area (Å²) < 4.78 is 0. The molecular formula is C14H15NOS. The number of ketones is 1. The molecule has 2 rings (SSSR count). The Morgan fingerprint density at radius 2 is 2.00 bits per heavy atom. The number of nitrogens with two attached hydrogens (primary N) is 1. The van der Waals surface area contributed by atoms with E-state index in [1.54, 1.807) is 0 Å². The van der Waals surface area contributed by atoms with Crippen LogP contribution >= 0.6 is 11.3 Å². The molecule has 1 aromatic carbocycles. The lowest BCUT2D eigenvalue weighted by Crippen LogP contribution is -2.32. The van der Waals surface area contributed by atoms with Crippen LogP contribution < -0.4 is 5.73 Å². The SMILES string of the molecule is Cc1ccsc1C(=O)C(N)Cc1ccccc1. The third-order valence-electron chi connectivity index (χ3n) is 2.72. The molecule has 2 nitrogen and oxygen atoms in total. The number of Topliss-reactive ketones (excluding diaryl/α,β-unsaturated/α-hetero) is 1. The van der Waals surface area contributed by atoms with Crippen molar-refractivity contribution in [1.29, 1.82) is 0 Å². The molecule has 1 unspecified atom stereocenters. The molecule has 0 aliphatic heterocycles. The van der Waals surface area contributed by atoms with Gasteiger partial charge in [-0.2, -0.15) is 0 Å². The summed E-state index contributed by atoms with van der Waals surface area (Å²) in [5.41, 5.74) is 8.08. The summed E-state index contributed by atoms with van der Waals surface area (Å²) in [6.45, 7) is 1.94. The van der Waals surface area contributed by atoms with E-state index in [1.807, 2.05) is 48.7 Å². The number of thiophene rings is 1. The molecule has 2 aromatic rings. The Hall–Kier alpha value is -1.45. The van der Waals surface area contributed by atoms with Crippen LogP contribution in [0.5, 0.6) is 0 Å². The first-order valence-corrected chi connectivity index (χ1v) is 6.44. The fraction of sp³-hybridized carbons (Fsp3) is 0.214. The van der Waals surface area contributed by atoms with Crippen molar-refractivity contribution in [3.8, 4) is 0 Å². The Bertz CT molecular complexity index is 504. The lowest BCUT2D eigenvalue weighted by Gasteiger charge is -2.10. The summed E-state index contributed by atoms with van der Waals surface area (Å²) in [5, 5.41) is 1.93. The molecule has 0 aliphatic rings. The quantitative estimate of drug-likeness (QED) is 0.842. The zero-order valence-electron chi connectivity index (χ0n) is 9.72. The van der Waals surface area contributed by atoms with E-state index < -0.39 is 6.04 Å². The molecular weight excluding hydrogens is 230 g/mol. The number of hydrogen-bond donors (Lipinski definition) is 1. The van der Waals surface area contributed by atoms with Gasteiger partial charge in [0, 0.05) is 0 Å². The molecule has 2 N–H and O–H groups in total. The van der Waals surface area contributed by atoms with Crippen LogP contribution in [0.25, 0.3) is 0 Å². The third-order valence-corrected chi connectivity index (χ3v) is 3.75. The predicted octanol–water partition coefficient (Wildman–Crippen LogP) is 2.81. The van der Waals surface area contributed by atoms with Gasteiger partial charge in [-0.25, -0.2) is 0 Å². The second kappa shape index (κ2) is 5.25. The minimum absolute atomic E-state index is 0.0429. The van der Waals surface area contributed by atoms with Gasteiger partial charge in [0.05, 0.1) is 10.9 Å². The summed E-state index contributed by atoms with van der Waals surface area (Å²) in [4.78, 5) is 12.9. The van der Waals surface area contributed by atoms with Crippen LogP contribution in [0.1, 0.15) is 20.8 Å². The maximum Gasteiger partial charge on any atom is 0.190 e. The predicted molar refractivity (Wildman–Crippen MR) is 71.5 cm³/mol. The van der Waals surface area contributed by atoms with E-state index in [0.717, 1.165) is 16.0 Å². The Labute approximate surface area is 105 Å². The van der Waals surface area contributed by atoms with E-state index in [0.29, 0.717) is 6.42 Å². The maximum absolute atomic E-state index is 12.1. The summed E-state index contributed by atoms with van der Waals surface area (Å²) in [6, 6.07) is 11.4. The molecule has 0 bridgehead atoms. The normalized spacial score (nSPS) is 12.4. The van der Waals surface area contributed by atoms with Crippen LogP contribution in [0.2, 0.25) is 0 Å². The van der Waals surface area contributed by atoms with Crippen molar-refractivity contribution in [2.24, 2.45) is 5.73 Å². The van der Waals surface area contributed by atoms with Crippen LogP contribution in [0, 0.1) is 6.92 Å². The highest BCUT2D eigenvalue weighted by atomic mass is 32.1. The first kappa shape index (κ1) is 12.0. The van der Waals surface area contributed by atoms with E-state index in [2.05, 4.69) is 0 Å². The minimum atomic E-state index is -0.449. The van der Waals surface area contributed by atoms with Gasteiger partial charge in [-0.05, 0) is 35.9 Å². The smallest absolute Gasteiger partial charge is 0.190 e. The Kier molecular flexibility index (Phi) is 3.71. The number of rotatable bonds is 4. The second-order valence-corrected chi connectivity index (χ2v) is 5.01. The lowest BCUT2D eigenvalue weighted by molar-refractivity contribution is 0.0964. The van der Waals surface area contributed by atoms with Crippen molar-refractivity contribution in [1.82, 2.24) is 0 Å². The molecule has 3 heteroatoms. The molecule has 0 spiro atoms. The largest absolute Gasteiger partial charge is 0.321 e. The van der Waals surface area contributed by atoms with E-state index in [1.165, 1.54) is 11.3 Å². The highest BCUT2D eigenvalue weighted by Crippen LogP contribution is 2.18. The van der Waals surface area contributed by atoms with Crippen molar-refractivity contribution in [2.75, 3.05) is 0 Å². The molecule has 0 saturated heterocycles. The van der Waals surface area contributed by atoms with Crippen LogP contribution in [0.3, 0.4) is 0 Å². The van der Waals surface area contributed by atoms with Crippen LogP contribution in [0.15, 0.2) is 41.8 Å². The Morgan fingerprint density at radius 3 is 2.59 bits per heavy atom. The summed E-state index contributed by atoms with van der Waals surface area (Å²) in [5.74, 6) is 0.0429. The fourth-order valence-electron chi connectivity index (χ4n) is 1.75. The highest BCUT2D eigenvalue weighted by Gasteiger charge is 2.18. The first-order chi connectivity index (χ1) is 8.18. The second-order valence-electron chi connectivity index (χ2n) is 4.09. The highest BCUT2D eigenvalue weighted by molar-refractivity contribution is 7.12. The summed E-state index contributed by atoms with van der Waals surface area (Å²) >= 11 is 1.47. The van der Waals surface area contributed by atoms with E-state index in [9.17, 15) is 4.79 Å². The standard InChI is InChI=1S/C14H15NOS/c1-10-7-8-17-14(10)13(16)12(15)9-11-5-3-2-4-6-11/h2-8,12H,9,15H2,1H3. The number of carbonyl (C=O) groups excluding carboxylic acids is 1. The summed E-state index contributed by atoms with van der Waals surface area (Å²) in [7, 11) is 0. The monoisotopic (exact) mass is 245 g/mol. The first-order valence-electron chi connectivity index (χ1n) is 5.56. The van der Waals surface area contributed by atoms with Gasteiger partial charge in [-0.3, -0.25) is 4.79 Å². The van der Waals surface area contributed by atoms with Crippen LogP contribution in [-0.2, 0) is 6.42 Å². The lowest BCUT2D eigenvalue weighted by atomic mass is 10.0. The van der Waals surface area contributed by atoms with Gasteiger partial charge in [0.1, 0.15) is 0 Å². The van der Waals surface area contributed by atoms with Gasteiger partial charge < -0.3 is 5.73 Å². The molecule has 0 amide bonds. The van der Waals surface area contributed by atoms with Gasteiger partial charge in [-0.15, -0.1) is 11.3 Å². The van der Waals surface area contributed by atoms with Crippen molar-refractivity contribution in [2.45, 2.75) is 19.4 Å². The molecule has 1 atom stereocenters. The maximum atomic E-state index is 12.1. The van der Waals surface area contributed by atoms with Gasteiger partial charge in [0.15, 0.2) is 5.78 Å². The van der Waals surface area contributed by atoms with Crippen molar-refractivity contribution in [3.05, 3.63) is 57.8 Å². The van der Waals surface area contributed by atoms with Crippen LogP contribution in [-0.4, -0.2) is 11.8 Å². The van der Waals surface area contributed by atoms with Gasteiger partial charge in [-0.1, -0.05) is 30.3 Å². The number of aryl methyl sites for hydroxylation is 1. The van der Waals surface area contributed by atoms with Gasteiger partial charge in [0.25, 0.3) is 0 Å². The van der Waals surface area contributed by atoms with Crippen molar-refractivity contribution >= 4 is 17.1 Å². The molecule has 0 saturated carbocycles. The molecule has 1 heterocycles. The average Bonchev–Trinajstić information content (AvgIpc) is 2.76. The topological polar surface area (TPSA) is 43.1 Å². The Morgan fingerprint density at radius 1 is 1.29 bits per heavy atom. The average molecular weight is 245 g/mol. The fourth-order valence-corrected chi connectivity index (χ4v) is 2.68. The molecule has 0 fully saturated rings. The minimum Gasteiger partial charge on any atom is -0.321 e. The summed E-state index contributed by atoms with van der Waals surface area (Å²) in [6.07, 6.45) is 0.594. The number of benzene rings is 1. The van der Waals surface area contributed by atoms with Gasteiger partial charge >= 0.3 is 0 Å². The third kappa shape index (κ3) is 2.81.